The minimum Gasteiger partial charge on any atom is -0.398 e. The molecule has 0 radical (unpaired) electrons. The van der Waals surface area contributed by atoms with E-state index in [0.717, 1.165) is 17.1 Å². The Morgan fingerprint density at radius 2 is 2.05 bits per heavy atom. The molecule has 20 heavy (non-hydrogen) atoms. The van der Waals surface area contributed by atoms with Gasteiger partial charge in [-0.15, -0.1) is 0 Å². The second kappa shape index (κ2) is 5.14. The maximum absolute atomic E-state index is 11.3. The van der Waals surface area contributed by atoms with Crippen molar-refractivity contribution in [2.45, 2.75) is 18.4 Å². The monoisotopic (exact) mass is 296 g/mol. The number of sulfonamides is 1. The lowest BCUT2D eigenvalue weighted by Crippen LogP contribution is -2.18. The molecule has 0 saturated heterocycles. The van der Waals surface area contributed by atoms with Crippen molar-refractivity contribution in [2.24, 2.45) is 5.14 Å². The summed E-state index contributed by atoms with van der Waals surface area (Å²) in [7, 11) is -1.96. The van der Waals surface area contributed by atoms with Crippen molar-refractivity contribution in [1.29, 1.82) is 0 Å². The van der Waals surface area contributed by atoms with E-state index in [1.54, 1.807) is 12.1 Å². The number of hydrogen-bond donors (Lipinski definition) is 2. The molecule has 4 N–H and O–H groups in total. The summed E-state index contributed by atoms with van der Waals surface area (Å²) in [4.78, 5) is 1.80. The van der Waals surface area contributed by atoms with Crippen molar-refractivity contribution in [2.75, 3.05) is 17.7 Å². The van der Waals surface area contributed by atoms with Gasteiger partial charge in [-0.3, -0.25) is 0 Å². The molecule has 2 aromatic rings. The average molecular weight is 296 g/mol. The van der Waals surface area contributed by atoms with Gasteiger partial charge in [-0.25, -0.2) is 13.6 Å². The van der Waals surface area contributed by atoms with E-state index in [1.807, 2.05) is 24.9 Å². The molecule has 0 aliphatic rings. The molecule has 7 nitrogen and oxygen atoms in total. The fourth-order valence-electron chi connectivity index (χ4n) is 1.86. The highest BCUT2D eigenvalue weighted by Crippen LogP contribution is 2.24. The van der Waals surface area contributed by atoms with E-state index in [-0.39, 0.29) is 10.6 Å². The molecule has 0 bridgehead atoms. The first-order valence-corrected chi connectivity index (χ1v) is 7.37. The largest absolute Gasteiger partial charge is 0.398 e. The molecule has 0 aliphatic heterocycles. The Kier molecular flexibility index (Phi) is 3.69. The fourth-order valence-corrected chi connectivity index (χ4v) is 2.50. The molecule has 8 heteroatoms. The van der Waals surface area contributed by atoms with Crippen molar-refractivity contribution in [3.63, 3.8) is 0 Å². The Bertz CT molecular complexity index is 724. The molecule has 2 rings (SSSR count). The van der Waals surface area contributed by atoms with Gasteiger partial charge in [-0.1, -0.05) is 5.16 Å². The van der Waals surface area contributed by atoms with Crippen molar-refractivity contribution < 1.29 is 12.9 Å². The molecule has 0 saturated carbocycles. The lowest BCUT2D eigenvalue weighted by molar-refractivity contribution is 0.390. The second-order valence-corrected chi connectivity index (χ2v) is 6.08. The van der Waals surface area contributed by atoms with Gasteiger partial charge in [0.2, 0.25) is 10.0 Å². The minimum absolute atomic E-state index is 0.0769. The van der Waals surface area contributed by atoms with Crippen LogP contribution >= 0.6 is 0 Å². The highest BCUT2D eigenvalue weighted by atomic mass is 32.2. The van der Waals surface area contributed by atoms with Crippen LogP contribution in [0, 0.1) is 6.92 Å². The van der Waals surface area contributed by atoms with Crippen LogP contribution in [0.2, 0.25) is 0 Å². The van der Waals surface area contributed by atoms with Gasteiger partial charge in [0.25, 0.3) is 0 Å². The fraction of sp³-hybridized carbons (Fsp3) is 0.250. The molecule has 0 unspecified atom stereocenters. The normalized spacial score (nSPS) is 11.6. The van der Waals surface area contributed by atoms with Crippen LogP contribution in [-0.2, 0) is 16.6 Å². The highest BCUT2D eigenvalue weighted by Gasteiger charge is 2.14. The number of aromatic nitrogens is 1. The second-order valence-electron chi connectivity index (χ2n) is 4.55. The van der Waals surface area contributed by atoms with Crippen LogP contribution in [0.5, 0.6) is 0 Å². The molecule has 1 aromatic carbocycles. The number of hydrogen-bond acceptors (Lipinski definition) is 6. The van der Waals surface area contributed by atoms with E-state index in [2.05, 4.69) is 5.16 Å². The van der Waals surface area contributed by atoms with Crippen LogP contribution in [0.1, 0.15) is 11.5 Å². The van der Waals surface area contributed by atoms with E-state index in [0.29, 0.717) is 6.54 Å². The Hall–Kier alpha value is -2.06. The number of benzene rings is 1. The number of aryl methyl sites for hydroxylation is 1. The Morgan fingerprint density at radius 1 is 1.35 bits per heavy atom. The number of primary sulfonamides is 1. The van der Waals surface area contributed by atoms with Gasteiger partial charge in [0.15, 0.2) is 0 Å². The molecular weight excluding hydrogens is 280 g/mol. The van der Waals surface area contributed by atoms with Crippen LogP contribution in [0.4, 0.5) is 11.4 Å². The molecule has 1 heterocycles. The zero-order chi connectivity index (χ0) is 14.9. The third-order valence-corrected chi connectivity index (χ3v) is 3.80. The molecule has 0 fully saturated rings. The van der Waals surface area contributed by atoms with E-state index in [9.17, 15) is 8.42 Å². The van der Waals surface area contributed by atoms with Gasteiger partial charge in [-0.05, 0) is 25.1 Å². The van der Waals surface area contributed by atoms with Gasteiger partial charge >= 0.3 is 0 Å². The quantitative estimate of drug-likeness (QED) is 0.808. The first-order valence-electron chi connectivity index (χ1n) is 5.83. The molecular formula is C12H16N4O3S. The summed E-state index contributed by atoms with van der Waals surface area (Å²) in [6.07, 6.45) is 0. The minimum atomic E-state index is -3.80. The van der Waals surface area contributed by atoms with Crippen molar-refractivity contribution >= 4 is 21.4 Å². The number of rotatable bonds is 4. The third kappa shape index (κ3) is 3.09. The highest BCUT2D eigenvalue weighted by molar-refractivity contribution is 7.89. The number of anilines is 2. The maximum atomic E-state index is 11.3. The number of nitrogen functional groups attached to an aromatic ring is 1. The smallest absolute Gasteiger partial charge is 0.240 e. The average Bonchev–Trinajstić information content (AvgIpc) is 2.73. The van der Waals surface area contributed by atoms with E-state index in [4.69, 9.17) is 15.4 Å². The summed E-state index contributed by atoms with van der Waals surface area (Å²) in [6.45, 7) is 2.33. The third-order valence-electron chi connectivity index (χ3n) is 2.82. The van der Waals surface area contributed by atoms with Crippen molar-refractivity contribution in [1.82, 2.24) is 5.16 Å². The van der Waals surface area contributed by atoms with Crippen molar-refractivity contribution in [3.8, 4) is 0 Å². The Morgan fingerprint density at radius 3 is 2.55 bits per heavy atom. The lowest BCUT2D eigenvalue weighted by Gasteiger charge is -2.18. The van der Waals surface area contributed by atoms with Gasteiger partial charge in [-0.2, -0.15) is 0 Å². The van der Waals surface area contributed by atoms with Gasteiger partial charge in [0, 0.05) is 18.8 Å². The van der Waals surface area contributed by atoms with Crippen LogP contribution in [0.15, 0.2) is 33.7 Å². The summed E-state index contributed by atoms with van der Waals surface area (Å²) >= 11 is 0. The molecule has 1 aromatic heterocycles. The van der Waals surface area contributed by atoms with E-state index < -0.39 is 10.0 Å². The van der Waals surface area contributed by atoms with Gasteiger partial charge in [0.1, 0.15) is 16.3 Å². The summed E-state index contributed by atoms with van der Waals surface area (Å²) in [5.74, 6) is 0.734. The number of nitrogens with zero attached hydrogens (tertiary/aromatic N) is 2. The SMILES string of the molecule is Cc1cc(CN(C)c2ccc(S(N)(=O)=O)c(N)c2)no1. The zero-order valence-electron chi connectivity index (χ0n) is 11.2. The summed E-state index contributed by atoms with van der Waals surface area (Å²) in [5, 5.41) is 8.96. The molecule has 0 spiro atoms. The Balaban J connectivity index is 2.23. The summed E-state index contributed by atoms with van der Waals surface area (Å²) in [6, 6.07) is 6.43. The summed E-state index contributed by atoms with van der Waals surface area (Å²) < 4.78 is 27.6. The zero-order valence-corrected chi connectivity index (χ0v) is 12.0. The van der Waals surface area contributed by atoms with E-state index in [1.165, 1.54) is 6.07 Å². The van der Waals surface area contributed by atoms with Crippen LogP contribution < -0.4 is 15.8 Å². The van der Waals surface area contributed by atoms with E-state index >= 15 is 0 Å². The Labute approximate surface area is 117 Å². The van der Waals surface area contributed by atoms with Gasteiger partial charge < -0.3 is 15.2 Å². The standard InChI is InChI=1S/C12H16N4O3S/c1-8-5-9(15-19-8)7-16(2)10-3-4-12(11(13)6-10)20(14,17)18/h3-6H,7,13H2,1-2H3,(H2,14,17,18). The predicted octanol–water partition coefficient (Wildman–Crippen LogP) is 0.849. The molecule has 0 aliphatic carbocycles. The van der Waals surface area contributed by atoms with Gasteiger partial charge in [0.05, 0.1) is 12.2 Å². The summed E-state index contributed by atoms with van der Waals surface area (Å²) in [5.41, 5.74) is 7.38. The van der Waals surface area contributed by atoms with Crippen LogP contribution in [-0.4, -0.2) is 20.6 Å². The number of nitrogens with two attached hydrogens (primary N) is 2. The van der Waals surface area contributed by atoms with Crippen molar-refractivity contribution in [3.05, 3.63) is 35.7 Å². The predicted molar refractivity (Wildman–Crippen MR) is 75.6 cm³/mol. The first kappa shape index (κ1) is 14.4. The molecule has 108 valence electrons. The van der Waals surface area contributed by atoms with Crippen LogP contribution in [0.25, 0.3) is 0 Å². The maximum Gasteiger partial charge on any atom is 0.240 e. The molecule has 0 amide bonds. The lowest BCUT2D eigenvalue weighted by atomic mass is 10.2. The topological polar surface area (TPSA) is 115 Å². The molecule has 0 atom stereocenters. The first-order chi connectivity index (χ1) is 9.27. The van der Waals surface area contributed by atoms with Crippen LogP contribution in [0.3, 0.4) is 0 Å².